The molecule has 10 heteroatoms. The van der Waals surface area contributed by atoms with E-state index in [-0.39, 0.29) is 12.3 Å². The SMILES string of the molecule is CCCc1cnc(C(F)(F)Oc2ccc(O/C=C/C(F)(F)F)c(F)c2)nc1. The van der Waals surface area contributed by atoms with Crippen LogP contribution in [0, 0.1) is 5.82 Å². The average molecular weight is 392 g/mol. The lowest BCUT2D eigenvalue weighted by Crippen LogP contribution is -2.25. The molecule has 0 spiro atoms. The van der Waals surface area contributed by atoms with Gasteiger partial charge in [0.1, 0.15) is 5.75 Å². The summed E-state index contributed by atoms with van der Waals surface area (Å²) < 4.78 is 86.8. The molecule has 1 aromatic heterocycles. The molecule has 0 atom stereocenters. The molecule has 4 nitrogen and oxygen atoms in total. The standard InChI is InChI=1S/C17H14F6N2O2/c1-2-3-11-9-24-15(25-10-11)17(22,23)27-12-4-5-14(13(18)8-12)26-7-6-16(19,20)21/h4-10H,2-3H2,1H3/b7-6+. The van der Waals surface area contributed by atoms with Gasteiger partial charge in [-0.05, 0) is 24.1 Å². The number of halogens is 6. The van der Waals surface area contributed by atoms with Gasteiger partial charge in [0.2, 0.25) is 5.82 Å². The molecule has 2 rings (SSSR count). The highest BCUT2D eigenvalue weighted by molar-refractivity contribution is 5.34. The second kappa shape index (κ2) is 8.28. The van der Waals surface area contributed by atoms with Gasteiger partial charge in [0.05, 0.1) is 12.3 Å². The largest absolute Gasteiger partial charge is 0.462 e. The van der Waals surface area contributed by atoms with E-state index in [0.717, 1.165) is 18.6 Å². The molecule has 146 valence electrons. The molecule has 0 aliphatic rings. The minimum absolute atomic E-state index is 0.235. The second-order valence-electron chi connectivity index (χ2n) is 5.34. The number of nitrogens with zero attached hydrogens (tertiary/aromatic N) is 2. The predicted molar refractivity (Wildman–Crippen MR) is 82.8 cm³/mol. The van der Waals surface area contributed by atoms with Crippen molar-refractivity contribution in [2.45, 2.75) is 32.1 Å². The molecule has 0 radical (unpaired) electrons. The second-order valence-corrected chi connectivity index (χ2v) is 5.34. The van der Waals surface area contributed by atoms with Crippen LogP contribution in [0.25, 0.3) is 0 Å². The smallest absolute Gasteiger partial charge is 0.462 e. The summed E-state index contributed by atoms with van der Waals surface area (Å²) in [7, 11) is 0. The Hall–Kier alpha value is -2.78. The van der Waals surface area contributed by atoms with Crippen molar-refractivity contribution in [1.29, 1.82) is 0 Å². The Bertz CT molecular complexity index is 791. The summed E-state index contributed by atoms with van der Waals surface area (Å²) in [5.41, 5.74) is 0.677. The molecular formula is C17H14F6N2O2. The molecule has 0 bridgehead atoms. The molecule has 0 unspecified atom stereocenters. The highest BCUT2D eigenvalue weighted by Crippen LogP contribution is 2.31. The zero-order chi connectivity index (χ0) is 20.1. The van der Waals surface area contributed by atoms with Gasteiger partial charge in [-0.3, -0.25) is 0 Å². The van der Waals surface area contributed by atoms with E-state index in [1.165, 1.54) is 12.4 Å². The molecule has 27 heavy (non-hydrogen) atoms. The van der Waals surface area contributed by atoms with E-state index < -0.39 is 35.4 Å². The number of rotatable bonds is 7. The Morgan fingerprint density at radius 3 is 2.30 bits per heavy atom. The van der Waals surface area contributed by atoms with Crippen molar-refractivity contribution in [3.63, 3.8) is 0 Å². The normalized spacial score (nSPS) is 12.4. The third kappa shape index (κ3) is 6.15. The van der Waals surface area contributed by atoms with Crippen LogP contribution in [0.1, 0.15) is 24.7 Å². The summed E-state index contributed by atoms with van der Waals surface area (Å²) in [6, 6.07) is 2.32. The first-order chi connectivity index (χ1) is 12.6. The summed E-state index contributed by atoms with van der Waals surface area (Å²) in [5, 5.41) is 0. The summed E-state index contributed by atoms with van der Waals surface area (Å²) in [5.74, 6) is -3.26. The van der Waals surface area contributed by atoms with Crippen molar-refractivity contribution in [2.24, 2.45) is 0 Å². The summed E-state index contributed by atoms with van der Waals surface area (Å²) in [6.07, 6.45) is -4.67. The Kier molecular flexibility index (Phi) is 6.29. The van der Waals surface area contributed by atoms with Crippen LogP contribution in [0.3, 0.4) is 0 Å². The topological polar surface area (TPSA) is 44.2 Å². The van der Waals surface area contributed by atoms with E-state index >= 15 is 0 Å². The van der Waals surface area contributed by atoms with Crippen molar-refractivity contribution in [1.82, 2.24) is 9.97 Å². The highest BCUT2D eigenvalue weighted by Gasteiger charge is 2.38. The number of hydrogen-bond donors (Lipinski definition) is 0. The number of alkyl halides is 5. The first-order valence-electron chi connectivity index (χ1n) is 7.69. The summed E-state index contributed by atoms with van der Waals surface area (Å²) in [4.78, 5) is 7.10. The van der Waals surface area contributed by atoms with Crippen LogP contribution in [0.2, 0.25) is 0 Å². The fourth-order valence-electron chi connectivity index (χ4n) is 1.94. The van der Waals surface area contributed by atoms with Gasteiger partial charge in [0.25, 0.3) is 0 Å². The number of benzene rings is 1. The average Bonchev–Trinajstić information content (AvgIpc) is 2.56. The lowest BCUT2D eigenvalue weighted by atomic mass is 10.2. The van der Waals surface area contributed by atoms with Gasteiger partial charge in [-0.15, -0.1) is 0 Å². The van der Waals surface area contributed by atoms with Crippen LogP contribution in [0.15, 0.2) is 42.9 Å². The number of allylic oxidation sites excluding steroid dienone is 1. The lowest BCUT2D eigenvalue weighted by Gasteiger charge is -2.17. The third-order valence-electron chi connectivity index (χ3n) is 3.11. The molecule has 0 amide bonds. The molecule has 1 aromatic carbocycles. The van der Waals surface area contributed by atoms with Crippen LogP contribution >= 0.6 is 0 Å². The van der Waals surface area contributed by atoms with Gasteiger partial charge in [0.15, 0.2) is 11.6 Å². The summed E-state index contributed by atoms with van der Waals surface area (Å²) in [6.45, 7) is 1.91. The monoisotopic (exact) mass is 392 g/mol. The van der Waals surface area contributed by atoms with Crippen molar-refractivity contribution < 1.29 is 35.8 Å². The number of aromatic nitrogens is 2. The molecule has 1 heterocycles. The zero-order valence-electron chi connectivity index (χ0n) is 13.9. The maximum Gasteiger partial charge on any atom is 0.462 e. The van der Waals surface area contributed by atoms with E-state index in [1.807, 2.05) is 6.92 Å². The van der Waals surface area contributed by atoms with Crippen LogP contribution in [0.4, 0.5) is 26.3 Å². The van der Waals surface area contributed by atoms with Gasteiger partial charge in [0, 0.05) is 18.5 Å². The van der Waals surface area contributed by atoms with Gasteiger partial charge >= 0.3 is 12.3 Å². The molecule has 2 aromatic rings. The Balaban J connectivity index is 2.09. The predicted octanol–water partition coefficient (Wildman–Crippen LogP) is 5.15. The highest BCUT2D eigenvalue weighted by atomic mass is 19.4. The van der Waals surface area contributed by atoms with Gasteiger partial charge in [-0.1, -0.05) is 13.3 Å². The first-order valence-corrected chi connectivity index (χ1v) is 7.69. The lowest BCUT2D eigenvalue weighted by molar-refractivity contribution is -0.192. The molecule has 0 aliphatic carbocycles. The zero-order valence-corrected chi connectivity index (χ0v) is 13.9. The number of ether oxygens (including phenoxy) is 2. The van der Waals surface area contributed by atoms with Gasteiger partial charge in [-0.2, -0.15) is 22.0 Å². The minimum atomic E-state index is -4.63. The molecule has 0 N–H and O–H groups in total. The van der Waals surface area contributed by atoms with Gasteiger partial charge in [-0.25, -0.2) is 14.4 Å². The quantitative estimate of drug-likeness (QED) is 0.483. The maximum absolute atomic E-state index is 14.1. The third-order valence-corrected chi connectivity index (χ3v) is 3.11. The van der Waals surface area contributed by atoms with Crippen molar-refractivity contribution in [2.75, 3.05) is 0 Å². The fraction of sp³-hybridized carbons (Fsp3) is 0.294. The molecule has 0 fully saturated rings. The van der Waals surface area contributed by atoms with E-state index in [0.29, 0.717) is 18.1 Å². The van der Waals surface area contributed by atoms with Crippen LogP contribution in [0.5, 0.6) is 11.5 Å². The Labute approximate surface area is 150 Å². The number of hydrogen-bond acceptors (Lipinski definition) is 4. The molecule has 0 saturated heterocycles. The van der Waals surface area contributed by atoms with Crippen molar-refractivity contribution >= 4 is 0 Å². The van der Waals surface area contributed by atoms with Crippen LogP contribution < -0.4 is 9.47 Å². The molecule has 0 aliphatic heterocycles. The van der Waals surface area contributed by atoms with Crippen molar-refractivity contribution in [3.05, 3.63) is 60.1 Å². The first kappa shape index (κ1) is 20.5. The van der Waals surface area contributed by atoms with Crippen molar-refractivity contribution in [3.8, 4) is 11.5 Å². The van der Waals surface area contributed by atoms with E-state index in [2.05, 4.69) is 19.4 Å². The van der Waals surface area contributed by atoms with Crippen LogP contribution in [-0.4, -0.2) is 16.1 Å². The minimum Gasteiger partial charge on any atom is -0.462 e. The Morgan fingerprint density at radius 2 is 1.74 bits per heavy atom. The Morgan fingerprint density at radius 1 is 1.07 bits per heavy atom. The van der Waals surface area contributed by atoms with E-state index in [9.17, 15) is 26.3 Å². The number of aryl methyl sites for hydroxylation is 1. The maximum atomic E-state index is 14.1. The summed E-state index contributed by atoms with van der Waals surface area (Å²) >= 11 is 0. The van der Waals surface area contributed by atoms with E-state index in [4.69, 9.17) is 0 Å². The van der Waals surface area contributed by atoms with Gasteiger partial charge < -0.3 is 9.47 Å². The van der Waals surface area contributed by atoms with E-state index in [1.54, 1.807) is 0 Å². The fourth-order valence-corrected chi connectivity index (χ4v) is 1.94. The van der Waals surface area contributed by atoms with Crippen LogP contribution in [-0.2, 0) is 12.5 Å². The molecule has 0 saturated carbocycles. The molecular weight excluding hydrogens is 378 g/mol.